The minimum Gasteiger partial charge on any atom is -0.572 e. The van der Waals surface area contributed by atoms with Crippen molar-refractivity contribution in [2.45, 2.75) is 81.1 Å². The molecule has 0 radical (unpaired) electrons. The van der Waals surface area contributed by atoms with E-state index in [4.69, 9.17) is 0 Å². The van der Waals surface area contributed by atoms with Crippen molar-refractivity contribution in [2.75, 3.05) is 7.11 Å². The molecule has 0 aliphatic carbocycles. The van der Waals surface area contributed by atoms with Gasteiger partial charge in [-0.1, -0.05) is 130 Å². The molecule has 20 nitrogen and oxygen atoms in total. The average Bonchev–Trinajstić information content (AvgIpc) is 4.19. The summed E-state index contributed by atoms with van der Waals surface area (Å²) in [7, 11) is 1.31. The number of Topliss-reactive ketones (excluding diaryl/α,β-unsaturated/α-hetero) is 2. The second-order valence-electron chi connectivity index (χ2n) is 19.6. The van der Waals surface area contributed by atoms with Gasteiger partial charge in [0.25, 0.3) is 0 Å². The summed E-state index contributed by atoms with van der Waals surface area (Å²) in [5.41, 5.74) is 13.1. The minimum atomic E-state index is -0.670. The molecule has 5 aromatic carbocycles. The van der Waals surface area contributed by atoms with Gasteiger partial charge in [0.2, 0.25) is 11.6 Å². The molecule has 0 fully saturated rings. The number of rotatable bonds is 11. The number of carbonyl (C=O) groups is 3. The number of hydrogen-bond donors (Lipinski definition) is 1. The van der Waals surface area contributed by atoms with Gasteiger partial charge in [0.1, 0.15) is 23.1 Å². The van der Waals surface area contributed by atoms with Crippen molar-refractivity contribution in [1.29, 1.82) is 0 Å². The van der Waals surface area contributed by atoms with Gasteiger partial charge in [0.15, 0.2) is 11.6 Å². The Kier molecular flexibility index (Phi) is 21.4. The fourth-order valence-electron chi connectivity index (χ4n) is 9.04. The van der Waals surface area contributed by atoms with E-state index < -0.39 is 11.9 Å². The molecule has 0 aliphatic rings. The van der Waals surface area contributed by atoms with Crippen LogP contribution in [0.1, 0.15) is 96.0 Å². The molecule has 0 amide bonds. The van der Waals surface area contributed by atoms with Gasteiger partial charge >= 0.3 is 27.0 Å². The number of ether oxygens (including phenoxy) is 1. The number of aromatic nitrogens is 16. The van der Waals surface area contributed by atoms with Crippen molar-refractivity contribution in [3.63, 3.8) is 0 Å². The van der Waals surface area contributed by atoms with Crippen molar-refractivity contribution in [1.82, 2.24) is 80.4 Å². The molecule has 87 heavy (non-hydrogen) atoms. The SMILES string of the molecule is CCC(=O)C(C)C(=O)c1ncc2ccccc2n1.CCc1[nH]nc(-c2ncc3ccccc3n2)c1C.CCc1n[n-]c(-c2ncc3ccccc3n2)c1C.CCc1n[n-]c(-c2ncc3ccccc3n2)c1C.COC(=O)c1ncc2ccccc2n1.[Pt+2]. The zero-order chi connectivity index (χ0) is 60.7. The Morgan fingerprint density at radius 2 is 0.851 bits per heavy atom. The molecule has 0 saturated heterocycles. The van der Waals surface area contributed by atoms with E-state index in [2.05, 4.69) is 113 Å². The van der Waals surface area contributed by atoms with Gasteiger partial charge in [-0.2, -0.15) is 5.10 Å². The van der Waals surface area contributed by atoms with E-state index in [-0.39, 0.29) is 44.3 Å². The van der Waals surface area contributed by atoms with E-state index in [0.717, 1.165) is 119 Å². The van der Waals surface area contributed by atoms with Crippen molar-refractivity contribution in [3.8, 4) is 34.6 Å². The van der Waals surface area contributed by atoms with Crippen LogP contribution in [-0.2, 0) is 49.9 Å². The second-order valence-corrected chi connectivity index (χ2v) is 19.6. The molecule has 8 aromatic heterocycles. The molecule has 1 unspecified atom stereocenters. The minimum absolute atomic E-state index is 0. The van der Waals surface area contributed by atoms with Crippen molar-refractivity contribution in [2.24, 2.45) is 5.92 Å². The van der Waals surface area contributed by atoms with E-state index in [9.17, 15) is 14.4 Å². The first-order valence-corrected chi connectivity index (χ1v) is 28.1. The maximum absolute atomic E-state index is 12.0. The van der Waals surface area contributed by atoms with Crippen LogP contribution in [-0.4, -0.2) is 94.9 Å². The summed E-state index contributed by atoms with van der Waals surface area (Å²) in [5.74, 6) is 0.601. The number of esters is 1. The number of H-pyrrole nitrogens is 1. The molecule has 0 saturated carbocycles. The number of nitrogens with zero attached hydrogens (tertiary/aromatic N) is 15. The van der Waals surface area contributed by atoms with Gasteiger partial charge in [0.05, 0.1) is 40.6 Å². The number of methoxy groups -OCH3 is 1. The number of benzene rings is 5. The van der Waals surface area contributed by atoms with E-state index in [1.54, 1.807) is 26.2 Å². The normalized spacial score (nSPS) is 11.0. The van der Waals surface area contributed by atoms with Gasteiger partial charge in [-0.25, -0.2) is 54.6 Å². The zero-order valence-electron chi connectivity index (χ0n) is 49.5. The molecular weight excluding hydrogens is 1280 g/mol. The molecule has 0 spiro atoms. The average molecular weight is 1340 g/mol. The number of aryl methyl sites for hydroxylation is 3. The summed E-state index contributed by atoms with van der Waals surface area (Å²) in [4.78, 5) is 77.6. The Morgan fingerprint density at radius 1 is 0.483 bits per heavy atom. The third-order valence-electron chi connectivity index (χ3n) is 14.1. The Hall–Kier alpha value is -10.1. The number of hydrogen-bond acceptors (Lipinski definition) is 17. The molecule has 21 heteroatoms. The smallest absolute Gasteiger partial charge is 0.572 e. The summed E-state index contributed by atoms with van der Waals surface area (Å²) < 4.78 is 4.52. The molecule has 8 heterocycles. The number of carbonyl (C=O) groups excluding carboxylic acids is 3. The van der Waals surface area contributed by atoms with Crippen LogP contribution in [0.4, 0.5) is 0 Å². The topological polar surface area (TPSA) is 272 Å². The fraction of sp³-hybridized carbons (Fsp3) is 0.212. The molecule has 13 rings (SSSR count). The molecule has 440 valence electrons. The number of aromatic amines is 1. The largest absolute Gasteiger partial charge is 2.00 e. The monoisotopic (exact) mass is 1340 g/mol. The van der Waals surface area contributed by atoms with Crippen LogP contribution in [0.2, 0.25) is 0 Å². The number of fused-ring (bicyclic) bond motifs is 5. The first-order valence-electron chi connectivity index (χ1n) is 28.1. The first-order chi connectivity index (χ1) is 41.8. The van der Waals surface area contributed by atoms with Crippen LogP contribution in [0.5, 0.6) is 0 Å². The Morgan fingerprint density at radius 3 is 1.23 bits per heavy atom. The van der Waals surface area contributed by atoms with Gasteiger partial charge < -0.3 is 25.1 Å². The van der Waals surface area contributed by atoms with Crippen LogP contribution < -0.4 is 10.2 Å². The fourth-order valence-corrected chi connectivity index (χ4v) is 9.04. The van der Waals surface area contributed by atoms with Crippen LogP contribution in [0.25, 0.3) is 89.1 Å². The summed E-state index contributed by atoms with van der Waals surface area (Å²) in [6.07, 6.45) is 11.8. The van der Waals surface area contributed by atoms with Crippen molar-refractivity contribution in [3.05, 3.63) is 198 Å². The standard InChI is InChI=1S/C14H14N4.2C14H13N4.C14H14N2O2.C10H8N2O2.Pt/c3*1-3-11-9(2)13(18-17-11)14-15-8-10-6-4-5-7-12(10)16-14;1-3-12(17)9(2)13(18)14-15-8-10-6-4-5-7-11(10)16-14;1-14-10(13)9-11-6-7-4-2-3-5-8(7)12-9;/h4-8H,3H2,1-2H3,(H,17,18);2*4-8H,3H2,1-2H3;4-9H,3H2,1-2H3;2-6H,1H3;/q;2*-1;;;+2. The predicted molar refractivity (Wildman–Crippen MR) is 331 cm³/mol. The summed E-state index contributed by atoms with van der Waals surface area (Å²) in [6, 6.07) is 38.7. The Balaban J connectivity index is 0.000000141. The molecule has 13 aromatic rings. The number of ketones is 2. The zero-order valence-corrected chi connectivity index (χ0v) is 51.8. The van der Waals surface area contributed by atoms with Gasteiger partial charge in [-0.05, 0) is 88.4 Å². The van der Waals surface area contributed by atoms with Gasteiger partial charge in [0, 0.05) is 87.0 Å². The number of para-hydroxylation sites is 5. The quantitative estimate of drug-likeness (QED) is 0.0716. The summed E-state index contributed by atoms with van der Waals surface area (Å²) >= 11 is 0. The molecule has 0 bridgehead atoms. The van der Waals surface area contributed by atoms with E-state index in [1.165, 1.54) is 7.11 Å². The first kappa shape index (κ1) is 63.0. The van der Waals surface area contributed by atoms with Crippen LogP contribution in [0.15, 0.2) is 152 Å². The summed E-state index contributed by atoms with van der Waals surface area (Å²) in [6.45, 7) is 15.7. The second kappa shape index (κ2) is 29.6. The van der Waals surface area contributed by atoms with E-state index in [0.29, 0.717) is 29.4 Å². The maximum Gasteiger partial charge on any atom is 2.00 e. The van der Waals surface area contributed by atoms with Gasteiger partial charge in [-0.3, -0.25) is 14.7 Å². The van der Waals surface area contributed by atoms with Crippen LogP contribution >= 0.6 is 0 Å². The third kappa shape index (κ3) is 14.9. The molecule has 1 N–H and O–H groups in total. The van der Waals surface area contributed by atoms with Crippen molar-refractivity contribution >= 4 is 72.1 Å². The predicted octanol–water partition coefficient (Wildman–Crippen LogP) is 11.8. The van der Waals surface area contributed by atoms with E-state index >= 15 is 0 Å². The van der Waals surface area contributed by atoms with Crippen molar-refractivity contribution < 1.29 is 40.2 Å². The Labute approximate surface area is 516 Å². The third-order valence-corrected chi connectivity index (χ3v) is 14.1. The number of nitrogens with one attached hydrogen (secondary N) is 1. The van der Waals surface area contributed by atoms with Crippen LogP contribution in [0.3, 0.4) is 0 Å². The molecular formula is C66H62N16O4Pt. The maximum atomic E-state index is 12.0. The molecule has 0 aliphatic heterocycles. The van der Waals surface area contributed by atoms with Crippen LogP contribution in [0, 0.1) is 26.7 Å². The van der Waals surface area contributed by atoms with Gasteiger partial charge in [-0.15, -0.1) is 0 Å². The summed E-state index contributed by atoms with van der Waals surface area (Å²) in [5, 5.41) is 29.0. The molecule has 1 atom stereocenters. The Bertz CT molecular complexity index is 4230. The van der Waals surface area contributed by atoms with E-state index in [1.807, 2.05) is 154 Å².